The maximum absolute atomic E-state index is 12.4. The lowest BCUT2D eigenvalue weighted by molar-refractivity contribution is -0.143. The van der Waals surface area contributed by atoms with Crippen LogP contribution < -0.4 is 5.73 Å². The molecule has 0 radical (unpaired) electrons. The van der Waals surface area contributed by atoms with E-state index in [1.54, 1.807) is 4.90 Å². The topological polar surface area (TPSA) is 63.4 Å². The second-order valence-electron chi connectivity index (χ2n) is 5.77. The number of allylic oxidation sites excluding steroid dienone is 2. The number of nitrogens with two attached hydrogens (primary N) is 1. The number of hydrogen-bond donors (Lipinski definition) is 1. The number of fused-ring (bicyclic) bond motifs is 1. The van der Waals surface area contributed by atoms with E-state index in [1.807, 2.05) is 12.2 Å². The minimum atomic E-state index is -0.0851. The highest BCUT2D eigenvalue weighted by atomic mass is 16.2. The van der Waals surface area contributed by atoms with E-state index in [4.69, 9.17) is 5.73 Å². The first-order valence-corrected chi connectivity index (χ1v) is 6.96. The predicted molar refractivity (Wildman–Crippen MR) is 67.4 cm³/mol. The summed E-state index contributed by atoms with van der Waals surface area (Å²) in [6, 6.07) is 0.355. The molecule has 98 valence electrons. The van der Waals surface area contributed by atoms with Crippen LogP contribution in [-0.4, -0.2) is 28.8 Å². The van der Waals surface area contributed by atoms with E-state index in [0.29, 0.717) is 0 Å². The van der Waals surface area contributed by atoms with Gasteiger partial charge in [-0.05, 0) is 38.5 Å². The number of hydrogen-bond acceptors (Lipinski definition) is 3. The van der Waals surface area contributed by atoms with Crippen LogP contribution in [0.25, 0.3) is 0 Å². The molecule has 1 heterocycles. The third-order valence-electron chi connectivity index (χ3n) is 4.65. The first-order valence-electron chi connectivity index (χ1n) is 6.96. The second-order valence-corrected chi connectivity index (χ2v) is 5.77. The van der Waals surface area contributed by atoms with E-state index in [-0.39, 0.29) is 35.7 Å². The summed E-state index contributed by atoms with van der Waals surface area (Å²) in [6.45, 7) is 0. The molecule has 0 aromatic rings. The number of carbonyl (C=O) groups is 2. The summed E-state index contributed by atoms with van der Waals surface area (Å²) >= 11 is 0. The van der Waals surface area contributed by atoms with Crippen molar-refractivity contribution in [1.82, 2.24) is 4.90 Å². The minimum absolute atomic E-state index is 0.0646. The van der Waals surface area contributed by atoms with Gasteiger partial charge >= 0.3 is 0 Å². The van der Waals surface area contributed by atoms with Crippen molar-refractivity contribution in [2.24, 2.45) is 17.6 Å². The highest BCUT2D eigenvalue weighted by molar-refractivity contribution is 6.05. The molecule has 2 fully saturated rings. The van der Waals surface area contributed by atoms with Gasteiger partial charge in [-0.25, -0.2) is 0 Å². The molecule has 0 spiro atoms. The average molecular weight is 248 g/mol. The molecule has 1 saturated heterocycles. The van der Waals surface area contributed by atoms with Crippen molar-refractivity contribution in [3.8, 4) is 0 Å². The zero-order valence-corrected chi connectivity index (χ0v) is 10.5. The smallest absolute Gasteiger partial charge is 0.233 e. The molecule has 3 aliphatic rings. The molecule has 2 atom stereocenters. The summed E-state index contributed by atoms with van der Waals surface area (Å²) in [4.78, 5) is 26.3. The Morgan fingerprint density at radius 3 is 1.94 bits per heavy atom. The summed E-state index contributed by atoms with van der Waals surface area (Å²) < 4.78 is 0. The van der Waals surface area contributed by atoms with Crippen molar-refractivity contribution in [2.75, 3.05) is 0 Å². The Bertz CT molecular complexity index is 371. The van der Waals surface area contributed by atoms with Gasteiger partial charge in [-0.15, -0.1) is 0 Å². The number of imide groups is 1. The molecule has 1 aliphatic heterocycles. The predicted octanol–water partition coefficient (Wildman–Crippen LogP) is 1.21. The van der Waals surface area contributed by atoms with E-state index < -0.39 is 0 Å². The van der Waals surface area contributed by atoms with Gasteiger partial charge in [-0.3, -0.25) is 14.5 Å². The Hall–Kier alpha value is -1.16. The van der Waals surface area contributed by atoms with E-state index in [0.717, 1.165) is 38.5 Å². The summed E-state index contributed by atoms with van der Waals surface area (Å²) in [7, 11) is 0. The Kier molecular flexibility index (Phi) is 2.98. The Balaban J connectivity index is 1.77. The van der Waals surface area contributed by atoms with Gasteiger partial charge < -0.3 is 5.73 Å². The highest BCUT2D eigenvalue weighted by Crippen LogP contribution is 2.38. The summed E-state index contributed by atoms with van der Waals surface area (Å²) in [5.74, 6) is -0.0409. The van der Waals surface area contributed by atoms with E-state index >= 15 is 0 Å². The van der Waals surface area contributed by atoms with Crippen LogP contribution in [0.5, 0.6) is 0 Å². The molecular formula is C14H20N2O2. The summed E-state index contributed by atoms with van der Waals surface area (Å²) in [6.07, 6.45) is 9.15. The molecule has 0 aromatic carbocycles. The van der Waals surface area contributed by atoms with E-state index in [1.165, 1.54) is 0 Å². The highest BCUT2D eigenvalue weighted by Gasteiger charge is 2.49. The third kappa shape index (κ3) is 1.79. The van der Waals surface area contributed by atoms with Gasteiger partial charge in [0.1, 0.15) is 0 Å². The average Bonchev–Trinajstić information content (AvgIpc) is 2.64. The molecule has 3 rings (SSSR count). The molecule has 2 N–H and O–H groups in total. The normalized spacial score (nSPS) is 40.2. The molecule has 0 bridgehead atoms. The lowest BCUT2D eigenvalue weighted by atomic mass is 9.85. The fourth-order valence-electron chi connectivity index (χ4n) is 3.55. The number of amides is 2. The first-order chi connectivity index (χ1) is 8.68. The quantitative estimate of drug-likeness (QED) is 0.560. The van der Waals surface area contributed by atoms with Gasteiger partial charge in [0.2, 0.25) is 11.8 Å². The van der Waals surface area contributed by atoms with Crippen LogP contribution in [0.3, 0.4) is 0 Å². The van der Waals surface area contributed by atoms with Gasteiger partial charge in [0.05, 0.1) is 11.8 Å². The van der Waals surface area contributed by atoms with Crippen LogP contribution in [0.2, 0.25) is 0 Å². The van der Waals surface area contributed by atoms with Crippen molar-refractivity contribution >= 4 is 11.8 Å². The molecular weight excluding hydrogens is 228 g/mol. The second kappa shape index (κ2) is 4.50. The van der Waals surface area contributed by atoms with Gasteiger partial charge in [0.15, 0.2) is 0 Å². The van der Waals surface area contributed by atoms with Crippen LogP contribution in [0, 0.1) is 11.8 Å². The molecule has 0 aromatic heterocycles. The zero-order chi connectivity index (χ0) is 12.7. The molecule has 1 saturated carbocycles. The van der Waals surface area contributed by atoms with Crippen molar-refractivity contribution in [3.63, 3.8) is 0 Å². The van der Waals surface area contributed by atoms with Gasteiger partial charge in [-0.2, -0.15) is 0 Å². The number of rotatable bonds is 1. The van der Waals surface area contributed by atoms with Crippen LogP contribution >= 0.6 is 0 Å². The molecule has 2 amide bonds. The standard InChI is InChI=1S/C14H20N2O2/c15-9-5-7-10(8-6-9)16-13(17)11-3-1-2-4-12(11)14(16)18/h1-2,9-12H,3-8,15H2/t9?,10?,11-,12+. The number of nitrogens with zero attached hydrogens (tertiary/aromatic N) is 1. The van der Waals surface area contributed by atoms with Crippen molar-refractivity contribution in [3.05, 3.63) is 12.2 Å². The zero-order valence-electron chi connectivity index (χ0n) is 10.5. The fourth-order valence-corrected chi connectivity index (χ4v) is 3.55. The molecule has 2 aliphatic carbocycles. The summed E-state index contributed by atoms with van der Waals surface area (Å²) in [5.41, 5.74) is 5.88. The third-order valence-corrected chi connectivity index (χ3v) is 4.65. The Labute approximate surface area is 107 Å². The van der Waals surface area contributed by atoms with Crippen molar-refractivity contribution < 1.29 is 9.59 Å². The fraction of sp³-hybridized carbons (Fsp3) is 0.714. The van der Waals surface area contributed by atoms with Crippen LogP contribution in [0.15, 0.2) is 12.2 Å². The van der Waals surface area contributed by atoms with Gasteiger partial charge in [0, 0.05) is 12.1 Å². The van der Waals surface area contributed by atoms with E-state index in [2.05, 4.69) is 0 Å². The van der Waals surface area contributed by atoms with Crippen molar-refractivity contribution in [1.29, 1.82) is 0 Å². The van der Waals surface area contributed by atoms with Crippen LogP contribution in [0.1, 0.15) is 38.5 Å². The lowest BCUT2D eigenvalue weighted by Gasteiger charge is -2.32. The molecule has 18 heavy (non-hydrogen) atoms. The van der Waals surface area contributed by atoms with Crippen LogP contribution in [-0.2, 0) is 9.59 Å². The minimum Gasteiger partial charge on any atom is -0.328 e. The monoisotopic (exact) mass is 248 g/mol. The molecule has 4 heteroatoms. The van der Waals surface area contributed by atoms with Crippen molar-refractivity contribution in [2.45, 2.75) is 50.6 Å². The number of carbonyl (C=O) groups excluding carboxylic acids is 2. The van der Waals surface area contributed by atoms with E-state index in [9.17, 15) is 9.59 Å². The van der Waals surface area contributed by atoms with Gasteiger partial charge in [-0.1, -0.05) is 12.2 Å². The SMILES string of the molecule is NC1CCC(N2C(=O)[C@H]3CC=CC[C@H]3C2=O)CC1. The number of likely N-dealkylation sites (tertiary alicyclic amines) is 1. The summed E-state index contributed by atoms with van der Waals surface area (Å²) in [5, 5.41) is 0. The molecule has 4 nitrogen and oxygen atoms in total. The maximum Gasteiger partial charge on any atom is 0.233 e. The molecule has 0 unspecified atom stereocenters. The lowest BCUT2D eigenvalue weighted by Crippen LogP contribution is -2.44. The van der Waals surface area contributed by atoms with Gasteiger partial charge in [0.25, 0.3) is 0 Å². The maximum atomic E-state index is 12.4. The Morgan fingerprint density at radius 2 is 1.44 bits per heavy atom. The largest absolute Gasteiger partial charge is 0.328 e. The Morgan fingerprint density at radius 1 is 0.944 bits per heavy atom. The first kappa shape index (κ1) is 11.9. The van der Waals surface area contributed by atoms with Crippen LogP contribution in [0.4, 0.5) is 0 Å².